The van der Waals surface area contributed by atoms with E-state index in [1.807, 2.05) is 60.7 Å². The number of rotatable bonds is 9. The first-order valence-electron chi connectivity index (χ1n) is 9.37. The molecule has 0 fully saturated rings. The van der Waals surface area contributed by atoms with E-state index in [0.29, 0.717) is 35.0 Å². The molecule has 3 rings (SSSR count). The maximum absolute atomic E-state index is 12.1. The van der Waals surface area contributed by atoms with Gasteiger partial charge in [-0.25, -0.2) is 0 Å². The van der Waals surface area contributed by atoms with Crippen LogP contribution < -0.4 is 10.6 Å². The van der Waals surface area contributed by atoms with E-state index in [-0.39, 0.29) is 24.0 Å². The third kappa shape index (κ3) is 5.20. The molecule has 0 atom stereocenters. The average molecular weight is 424 g/mol. The van der Waals surface area contributed by atoms with Gasteiger partial charge in [-0.2, -0.15) is 0 Å². The molecule has 0 unspecified atom stereocenters. The molecule has 1 amide bonds. The number of anilines is 1. The molecule has 0 saturated heterocycles. The predicted molar refractivity (Wildman–Crippen MR) is 118 cm³/mol. The van der Waals surface area contributed by atoms with Crippen LogP contribution in [0.2, 0.25) is 5.02 Å². The molecule has 3 aromatic rings. The molecule has 0 saturated carbocycles. The van der Waals surface area contributed by atoms with Gasteiger partial charge in [0.25, 0.3) is 0 Å². The van der Waals surface area contributed by atoms with E-state index in [0.717, 1.165) is 5.56 Å². The lowest BCUT2D eigenvalue weighted by Crippen LogP contribution is -2.32. The summed E-state index contributed by atoms with van der Waals surface area (Å²) in [6, 6.07) is 18.6. The fourth-order valence-electron chi connectivity index (χ4n) is 2.82. The van der Waals surface area contributed by atoms with Crippen LogP contribution in [0.25, 0.3) is 11.3 Å². The van der Waals surface area contributed by atoms with Crippen molar-refractivity contribution in [2.45, 2.75) is 0 Å². The van der Waals surface area contributed by atoms with Gasteiger partial charge in [0, 0.05) is 24.8 Å². The number of benzene rings is 2. The fourth-order valence-corrected chi connectivity index (χ4v) is 3.15. The smallest absolute Gasteiger partial charge is 0.239 e. The van der Waals surface area contributed by atoms with Crippen molar-refractivity contribution in [1.82, 2.24) is 15.5 Å². The van der Waals surface area contributed by atoms with Crippen LogP contribution in [0.5, 0.6) is 0 Å². The molecule has 0 spiro atoms. The summed E-state index contributed by atoms with van der Waals surface area (Å²) >= 11 is 6.71. The summed E-state index contributed by atoms with van der Waals surface area (Å²) in [6.45, 7) is 0.796. The highest BCUT2D eigenvalue weighted by molar-refractivity contribution is 6.38. The Morgan fingerprint density at radius 1 is 1.07 bits per heavy atom. The maximum atomic E-state index is 12.1. The maximum Gasteiger partial charge on any atom is 0.239 e. The van der Waals surface area contributed by atoms with Crippen molar-refractivity contribution >= 4 is 29.0 Å². The minimum absolute atomic E-state index is 0.0333. The van der Waals surface area contributed by atoms with Crippen molar-refractivity contribution in [2.75, 3.05) is 32.1 Å². The van der Waals surface area contributed by atoms with Gasteiger partial charge in [0.2, 0.25) is 5.91 Å². The van der Waals surface area contributed by atoms with Gasteiger partial charge in [0.05, 0.1) is 29.4 Å². The van der Waals surface area contributed by atoms with E-state index in [2.05, 4.69) is 20.8 Å². The van der Waals surface area contributed by atoms with E-state index >= 15 is 0 Å². The zero-order valence-electron chi connectivity index (χ0n) is 16.5. The first-order chi connectivity index (χ1) is 14.6. The van der Waals surface area contributed by atoms with Gasteiger partial charge < -0.3 is 15.4 Å². The summed E-state index contributed by atoms with van der Waals surface area (Å²) in [5.74, 6) is 0.0460. The summed E-state index contributed by atoms with van der Waals surface area (Å²) in [7, 11) is 1.57. The molecule has 30 heavy (non-hydrogen) atoms. The Labute approximate surface area is 180 Å². The van der Waals surface area contributed by atoms with Crippen molar-refractivity contribution in [1.29, 1.82) is 5.41 Å². The normalized spacial score (nSPS) is 10.5. The van der Waals surface area contributed by atoms with Crippen molar-refractivity contribution in [3.63, 3.8) is 0 Å². The number of amides is 1. The largest absolute Gasteiger partial charge is 0.383 e. The van der Waals surface area contributed by atoms with E-state index in [1.165, 1.54) is 0 Å². The van der Waals surface area contributed by atoms with Crippen LogP contribution in [0.3, 0.4) is 0 Å². The van der Waals surface area contributed by atoms with Crippen LogP contribution >= 0.6 is 11.6 Å². The molecule has 3 N–H and O–H groups in total. The second-order valence-electron chi connectivity index (χ2n) is 6.39. The van der Waals surface area contributed by atoms with Crippen LogP contribution in [0.1, 0.15) is 11.1 Å². The third-order valence-electron chi connectivity index (χ3n) is 4.32. The number of methoxy groups -OCH3 is 1. The Balaban J connectivity index is 1.94. The van der Waals surface area contributed by atoms with Gasteiger partial charge >= 0.3 is 0 Å². The molecule has 1 heterocycles. The quantitative estimate of drug-likeness (QED) is 0.362. The highest BCUT2D eigenvalue weighted by Gasteiger charge is 2.21. The minimum Gasteiger partial charge on any atom is -0.383 e. The molecule has 7 nitrogen and oxygen atoms in total. The van der Waals surface area contributed by atoms with Gasteiger partial charge in [-0.05, 0) is 0 Å². The molecule has 2 aromatic carbocycles. The van der Waals surface area contributed by atoms with E-state index < -0.39 is 0 Å². The Hall–Kier alpha value is -3.29. The number of hydrogen-bond acceptors (Lipinski definition) is 6. The molecule has 8 heteroatoms. The Morgan fingerprint density at radius 2 is 1.73 bits per heavy atom. The average Bonchev–Trinajstić information content (AvgIpc) is 2.78. The zero-order chi connectivity index (χ0) is 21.3. The molecule has 0 bridgehead atoms. The molecule has 0 radical (unpaired) electrons. The zero-order valence-corrected chi connectivity index (χ0v) is 17.2. The topological polar surface area (TPSA) is 100.0 Å². The standard InChI is InChI=1S/C22H22ClN5O2/c1-30-13-12-25-17(29)14-26-22-18(20(24)15-8-4-2-5-9-15)19(23)21(27-28-22)16-10-6-3-7-11-16/h2-11,24H,12-14H2,1H3,(H,25,29)(H,26,28). The summed E-state index contributed by atoms with van der Waals surface area (Å²) in [4.78, 5) is 12.1. The first-order valence-corrected chi connectivity index (χ1v) is 9.75. The molecule has 0 aliphatic rings. The van der Waals surface area contributed by atoms with Crippen LogP contribution in [0, 0.1) is 5.41 Å². The van der Waals surface area contributed by atoms with E-state index in [9.17, 15) is 4.79 Å². The highest BCUT2D eigenvalue weighted by Crippen LogP contribution is 2.33. The number of nitrogens with zero attached hydrogens (tertiary/aromatic N) is 2. The number of carbonyl (C=O) groups is 1. The van der Waals surface area contributed by atoms with Crippen LogP contribution in [0.15, 0.2) is 60.7 Å². The number of halogens is 1. The fraction of sp³-hybridized carbons (Fsp3) is 0.182. The van der Waals surface area contributed by atoms with Crippen molar-refractivity contribution in [2.24, 2.45) is 0 Å². The van der Waals surface area contributed by atoms with Crippen molar-refractivity contribution < 1.29 is 9.53 Å². The predicted octanol–water partition coefficient (Wildman–Crippen LogP) is 3.39. The third-order valence-corrected chi connectivity index (χ3v) is 4.69. The second-order valence-corrected chi connectivity index (χ2v) is 6.77. The lowest BCUT2D eigenvalue weighted by atomic mass is 10.0. The Morgan fingerprint density at radius 3 is 2.40 bits per heavy atom. The number of ether oxygens (including phenoxy) is 1. The van der Waals surface area contributed by atoms with Crippen molar-refractivity contribution in [3.8, 4) is 11.3 Å². The van der Waals surface area contributed by atoms with Gasteiger partial charge in [0.15, 0.2) is 5.82 Å². The molecule has 1 aromatic heterocycles. The number of hydrogen-bond donors (Lipinski definition) is 3. The summed E-state index contributed by atoms with van der Waals surface area (Å²) in [5.41, 5.74) is 2.53. The van der Waals surface area contributed by atoms with Gasteiger partial charge in [0.1, 0.15) is 5.69 Å². The van der Waals surface area contributed by atoms with Crippen LogP contribution in [0.4, 0.5) is 5.82 Å². The summed E-state index contributed by atoms with van der Waals surface area (Å²) in [5, 5.41) is 23.2. The molecular weight excluding hydrogens is 402 g/mol. The lowest BCUT2D eigenvalue weighted by Gasteiger charge is -2.15. The number of nitrogens with one attached hydrogen (secondary N) is 3. The number of aromatic nitrogens is 2. The monoisotopic (exact) mass is 423 g/mol. The minimum atomic E-state index is -0.227. The van der Waals surface area contributed by atoms with E-state index in [1.54, 1.807) is 7.11 Å². The van der Waals surface area contributed by atoms with Gasteiger partial charge in [-0.1, -0.05) is 72.3 Å². The van der Waals surface area contributed by atoms with Gasteiger partial charge in [-0.3, -0.25) is 10.2 Å². The molecule has 0 aliphatic carbocycles. The first kappa shape index (κ1) is 21.4. The molecular formula is C22H22ClN5O2. The summed E-state index contributed by atoms with van der Waals surface area (Å²) in [6.07, 6.45) is 0. The Bertz CT molecular complexity index is 1010. The Kier molecular flexibility index (Phi) is 7.48. The molecule has 154 valence electrons. The van der Waals surface area contributed by atoms with Gasteiger partial charge in [-0.15, -0.1) is 10.2 Å². The molecule has 0 aliphatic heterocycles. The summed E-state index contributed by atoms with van der Waals surface area (Å²) < 4.78 is 4.92. The SMILES string of the molecule is COCCNC(=O)CNc1nnc(-c2ccccc2)c(Cl)c1C(=N)c1ccccc1. The van der Waals surface area contributed by atoms with E-state index in [4.69, 9.17) is 21.7 Å². The van der Waals surface area contributed by atoms with Crippen LogP contribution in [-0.4, -0.2) is 48.6 Å². The second kappa shape index (κ2) is 10.5. The number of carbonyl (C=O) groups excluding carboxylic acids is 1. The van der Waals surface area contributed by atoms with Crippen molar-refractivity contribution in [3.05, 3.63) is 76.8 Å². The highest BCUT2D eigenvalue weighted by atomic mass is 35.5. The van der Waals surface area contributed by atoms with Crippen LogP contribution in [-0.2, 0) is 9.53 Å². The lowest BCUT2D eigenvalue weighted by molar-refractivity contribution is -0.119.